The molecule has 0 aromatic heterocycles. The fourth-order valence-corrected chi connectivity index (χ4v) is 6.59. The van der Waals surface area contributed by atoms with Gasteiger partial charge in [-0.3, -0.25) is 19.3 Å². The van der Waals surface area contributed by atoms with Gasteiger partial charge in [-0.2, -0.15) is 0 Å². The lowest BCUT2D eigenvalue weighted by Gasteiger charge is -2.49. The third-order valence-corrected chi connectivity index (χ3v) is 8.84. The largest absolute Gasteiger partial charge is 0.514 e. The Morgan fingerprint density at radius 1 is 0.800 bits per heavy atom. The Bertz CT molecular complexity index is 2040. The third-order valence-electron chi connectivity index (χ3n) is 8.84. The number of carbonyl (C=O) groups is 6. The smallest absolute Gasteiger partial charge is 0.448 e. The van der Waals surface area contributed by atoms with Gasteiger partial charge < -0.3 is 29.2 Å². The number of hydrogen-bond donors (Lipinski definition) is 1. The number of ether oxygens (including phenoxy) is 4. The Morgan fingerprint density at radius 2 is 1.38 bits per heavy atom. The second-order valence-corrected chi connectivity index (χ2v) is 15.3. The van der Waals surface area contributed by atoms with Crippen molar-refractivity contribution in [3.8, 4) is 5.75 Å². The highest BCUT2D eigenvalue weighted by Crippen LogP contribution is 2.40. The van der Waals surface area contributed by atoms with E-state index in [0.29, 0.717) is 16.8 Å². The van der Waals surface area contributed by atoms with Crippen LogP contribution in [0.4, 0.5) is 15.3 Å². The Kier molecular flexibility index (Phi) is 10.7. The van der Waals surface area contributed by atoms with Crippen LogP contribution in [-0.2, 0) is 33.4 Å². The van der Waals surface area contributed by atoms with E-state index in [4.69, 9.17) is 18.9 Å². The highest BCUT2D eigenvalue weighted by molar-refractivity contribution is 6.13. The number of anilines is 1. The Labute approximate surface area is 318 Å². The second kappa shape index (κ2) is 15.2. The number of rotatable bonds is 8. The van der Waals surface area contributed by atoms with Crippen molar-refractivity contribution in [2.45, 2.75) is 83.8 Å². The average Bonchev–Trinajstić information content (AvgIpc) is 3.47. The van der Waals surface area contributed by atoms with Crippen molar-refractivity contribution in [2.75, 3.05) is 11.4 Å². The van der Waals surface area contributed by atoms with E-state index in [0.717, 1.165) is 4.90 Å². The molecule has 3 amide bonds. The number of benzene rings is 3. The summed E-state index contributed by atoms with van der Waals surface area (Å²) in [6.07, 6.45) is -1.39. The number of allylic oxidation sites excluding steroid dienone is 2. The van der Waals surface area contributed by atoms with Gasteiger partial charge in [0.25, 0.3) is 11.8 Å². The molecule has 13 heteroatoms. The zero-order valence-corrected chi connectivity index (χ0v) is 31.5. The van der Waals surface area contributed by atoms with Crippen LogP contribution in [0.1, 0.15) is 71.6 Å². The molecule has 0 aliphatic carbocycles. The van der Waals surface area contributed by atoms with Gasteiger partial charge in [0.15, 0.2) is 17.6 Å². The van der Waals surface area contributed by atoms with E-state index in [1.165, 1.54) is 17.0 Å². The summed E-state index contributed by atoms with van der Waals surface area (Å²) in [4.78, 5) is 83.6. The van der Waals surface area contributed by atoms with E-state index in [1.54, 1.807) is 84.0 Å². The predicted octanol–water partition coefficient (Wildman–Crippen LogP) is 6.33. The van der Waals surface area contributed by atoms with Gasteiger partial charge in [-0.15, -0.1) is 0 Å². The first-order valence-corrected chi connectivity index (χ1v) is 17.9. The fourth-order valence-electron chi connectivity index (χ4n) is 6.59. The van der Waals surface area contributed by atoms with Gasteiger partial charge in [-0.1, -0.05) is 72.8 Å². The molecule has 3 aliphatic heterocycles. The molecule has 2 atom stereocenters. The molecule has 0 saturated carbocycles. The number of hydrogen-bond acceptors (Lipinski definition) is 10. The van der Waals surface area contributed by atoms with Crippen molar-refractivity contribution in [2.24, 2.45) is 0 Å². The number of Topliss-reactive ketones (excluding diaryl/α,β-unsaturated/α-hetero) is 1. The average molecular weight is 750 g/mol. The molecule has 0 bridgehead atoms. The molecule has 3 aromatic rings. The fraction of sp³-hybridized carbons (Fsp3) is 0.333. The quantitative estimate of drug-likeness (QED) is 0.0908. The Morgan fingerprint density at radius 3 is 1.98 bits per heavy atom. The number of esters is 1. The summed E-state index contributed by atoms with van der Waals surface area (Å²) in [5, 5.41) is 2.49. The standard InChI is InChI=1S/C42H43N3O10/c1-41(2,3)54-39(50)43-32-34-30(46)24-28(23-27-21-22-44(36(27)47)29-19-13-14-20-31(29)52-40(51)55-42(4,5)6)33(45(34)37(32)48)38(49)53-35(25-15-9-7-10-16-25)26-17-11-8-12-18-26/h7-20,23,32,34-35H,21-22,24H2,1-6H3,(H,43,50)/b27-23+. The van der Waals surface area contributed by atoms with Crippen molar-refractivity contribution >= 4 is 41.5 Å². The summed E-state index contributed by atoms with van der Waals surface area (Å²) in [5.74, 6) is -2.42. The summed E-state index contributed by atoms with van der Waals surface area (Å²) in [5.41, 5.74) is 0.129. The molecule has 2 unspecified atom stereocenters. The molecular formula is C42H43N3O10. The minimum absolute atomic E-state index is 0.105. The lowest BCUT2D eigenvalue weighted by molar-refractivity contribution is -0.161. The monoisotopic (exact) mass is 749 g/mol. The summed E-state index contributed by atoms with van der Waals surface area (Å²) >= 11 is 0. The molecule has 0 spiro atoms. The van der Waals surface area contributed by atoms with Crippen LogP contribution in [-0.4, -0.2) is 70.5 Å². The van der Waals surface area contributed by atoms with Crippen LogP contribution in [0.5, 0.6) is 5.75 Å². The lowest BCUT2D eigenvalue weighted by Crippen LogP contribution is -2.74. The van der Waals surface area contributed by atoms with Crippen LogP contribution in [0.3, 0.4) is 0 Å². The van der Waals surface area contributed by atoms with Crippen molar-refractivity contribution in [3.63, 3.8) is 0 Å². The molecule has 3 heterocycles. The number of nitrogens with zero attached hydrogens (tertiary/aromatic N) is 2. The van der Waals surface area contributed by atoms with Gasteiger partial charge in [-0.05, 0) is 82.9 Å². The van der Waals surface area contributed by atoms with E-state index in [1.807, 2.05) is 36.4 Å². The number of alkyl carbamates (subject to hydrolysis) is 1. The first-order chi connectivity index (χ1) is 26.0. The third kappa shape index (κ3) is 8.61. The first kappa shape index (κ1) is 38.5. The molecule has 0 radical (unpaired) electrons. The SMILES string of the molecule is CC(C)(C)OC(=O)NC1C(=O)N2C(C(=O)OC(c3ccccc3)c3ccccc3)=C(/C=C3\CCN(c4ccccc4OC(=O)OC(C)(C)C)C3=O)CC(=O)C12. The van der Waals surface area contributed by atoms with Gasteiger partial charge in [-0.25, -0.2) is 14.4 Å². The summed E-state index contributed by atoms with van der Waals surface area (Å²) in [7, 11) is 0. The number of nitrogens with one attached hydrogen (secondary N) is 1. The van der Waals surface area contributed by atoms with E-state index in [2.05, 4.69) is 5.32 Å². The molecule has 1 N–H and O–H groups in total. The zero-order chi connectivity index (χ0) is 39.7. The molecule has 3 aromatic carbocycles. The molecule has 3 aliphatic rings. The van der Waals surface area contributed by atoms with Crippen molar-refractivity contribution in [1.29, 1.82) is 0 Å². The van der Waals surface area contributed by atoms with Crippen LogP contribution in [0.2, 0.25) is 0 Å². The number of carbonyl (C=O) groups excluding carboxylic acids is 6. The van der Waals surface area contributed by atoms with E-state index in [-0.39, 0.29) is 42.0 Å². The lowest BCUT2D eigenvalue weighted by atomic mass is 9.82. The molecule has 2 fully saturated rings. The van der Waals surface area contributed by atoms with E-state index >= 15 is 0 Å². The molecular weight excluding hydrogens is 706 g/mol. The number of amides is 3. The second-order valence-electron chi connectivity index (χ2n) is 15.3. The predicted molar refractivity (Wildman–Crippen MR) is 200 cm³/mol. The van der Waals surface area contributed by atoms with Crippen LogP contribution in [0.25, 0.3) is 0 Å². The number of β-lactam (4-membered cyclic amide) rings is 1. The number of para-hydroxylation sites is 2. The summed E-state index contributed by atoms with van der Waals surface area (Å²) in [6.45, 7) is 10.3. The van der Waals surface area contributed by atoms with Gasteiger partial charge >= 0.3 is 18.2 Å². The van der Waals surface area contributed by atoms with Crippen LogP contribution < -0.4 is 15.0 Å². The van der Waals surface area contributed by atoms with Gasteiger partial charge in [0.1, 0.15) is 29.0 Å². The van der Waals surface area contributed by atoms with Crippen LogP contribution >= 0.6 is 0 Å². The van der Waals surface area contributed by atoms with Gasteiger partial charge in [0.2, 0.25) is 0 Å². The van der Waals surface area contributed by atoms with Crippen molar-refractivity contribution in [1.82, 2.24) is 10.2 Å². The summed E-state index contributed by atoms with van der Waals surface area (Å²) in [6, 6.07) is 22.2. The summed E-state index contributed by atoms with van der Waals surface area (Å²) < 4.78 is 22.3. The number of fused-ring (bicyclic) bond motifs is 1. The van der Waals surface area contributed by atoms with Gasteiger partial charge in [0, 0.05) is 18.5 Å². The molecule has 13 nitrogen and oxygen atoms in total. The molecule has 6 rings (SSSR count). The molecule has 2 saturated heterocycles. The maximum Gasteiger partial charge on any atom is 0.514 e. The van der Waals surface area contributed by atoms with E-state index in [9.17, 15) is 28.8 Å². The van der Waals surface area contributed by atoms with E-state index < -0.39 is 65.2 Å². The molecule has 286 valence electrons. The number of ketones is 1. The Hall–Kier alpha value is -6.24. The van der Waals surface area contributed by atoms with Crippen molar-refractivity contribution in [3.05, 3.63) is 119 Å². The Balaban J connectivity index is 1.36. The highest BCUT2D eigenvalue weighted by Gasteiger charge is 2.58. The molecule has 55 heavy (non-hydrogen) atoms. The topological polar surface area (TPSA) is 158 Å². The minimum Gasteiger partial charge on any atom is -0.448 e. The van der Waals surface area contributed by atoms with Crippen LogP contribution in [0, 0.1) is 0 Å². The maximum atomic E-state index is 14.4. The van der Waals surface area contributed by atoms with Crippen molar-refractivity contribution < 1.29 is 47.7 Å². The maximum absolute atomic E-state index is 14.4. The normalized spacial score (nSPS) is 19.3. The van der Waals surface area contributed by atoms with Gasteiger partial charge in [0.05, 0.1) is 5.69 Å². The minimum atomic E-state index is -1.27. The van der Waals surface area contributed by atoms with Crippen LogP contribution in [0.15, 0.2) is 108 Å². The zero-order valence-electron chi connectivity index (χ0n) is 31.5. The highest BCUT2D eigenvalue weighted by atomic mass is 16.7. The first-order valence-electron chi connectivity index (χ1n) is 17.9.